The van der Waals surface area contributed by atoms with Gasteiger partial charge in [0, 0.05) is 6.54 Å². The van der Waals surface area contributed by atoms with Crippen LogP contribution in [0.5, 0.6) is 0 Å². The minimum atomic E-state index is -0.437. The molecule has 0 aliphatic heterocycles. The summed E-state index contributed by atoms with van der Waals surface area (Å²) >= 11 is 0. The maximum atomic E-state index is 11.5. The third-order valence-electron chi connectivity index (χ3n) is 1.99. The zero-order valence-electron chi connectivity index (χ0n) is 9.01. The largest absolute Gasteiger partial charge is 0.458 e. The Kier molecular flexibility index (Phi) is 4.23. The number of nitrogens with two attached hydrogens (primary N) is 1. The second kappa shape index (κ2) is 5.45. The van der Waals surface area contributed by atoms with Crippen LogP contribution in [-0.2, 0) is 11.3 Å². The lowest BCUT2D eigenvalue weighted by molar-refractivity contribution is 0.0327. The molecule has 84 valence electrons. The maximum absolute atomic E-state index is 11.5. The lowest BCUT2D eigenvalue weighted by Crippen LogP contribution is -2.14. The van der Waals surface area contributed by atoms with Gasteiger partial charge in [-0.25, -0.2) is 4.79 Å². The highest BCUT2D eigenvalue weighted by Gasteiger charge is 2.14. The Bertz CT molecular complexity index is 324. The second-order valence-electron chi connectivity index (χ2n) is 3.28. The van der Waals surface area contributed by atoms with E-state index in [1.807, 2.05) is 13.8 Å². The summed E-state index contributed by atoms with van der Waals surface area (Å²) in [6.45, 7) is 4.79. The van der Waals surface area contributed by atoms with Crippen molar-refractivity contribution >= 4 is 5.97 Å². The summed E-state index contributed by atoms with van der Waals surface area (Å²) in [5, 5.41) is 7.45. The van der Waals surface area contributed by atoms with Gasteiger partial charge in [-0.05, 0) is 13.3 Å². The van der Waals surface area contributed by atoms with Gasteiger partial charge in [-0.3, -0.25) is 4.68 Å². The highest BCUT2D eigenvalue weighted by atomic mass is 16.5. The third-order valence-corrected chi connectivity index (χ3v) is 1.99. The van der Waals surface area contributed by atoms with Gasteiger partial charge in [0.05, 0.1) is 18.8 Å². The molecule has 0 radical (unpaired) electrons. The van der Waals surface area contributed by atoms with E-state index in [2.05, 4.69) is 10.3 Å². The fourth-order valence-corrected chi connectivity index (χ4v) is 0.960. The topological polar surface area (TPSA) is 83.0 Å². The highest BCUT2D eigenvalue weighted by Crippen LogP contribution is 2.02. The van der Waals surface area contributed by atoms with E-state index in [0.717, 1.165) is 6.42 Å². The van der Waals surface area contributed by atoms with Gasteiger partial charge in [0.15, 0.2) is 5.69 Å². The van der Waals surface area contributed by atoms with Gasteiger partial charge in [-0.2, -0.15) is 0 Å². The summed E-state index contributed by atoms with van der Waals surface area (Å²) in [6.07, 6.45) is 2.22. The van der Waals surface area contributed by atoms with Crippen molar-refractivity contribution in [2.75, 3.05) is 6.54 Å². The number of nitrogens with zero attached hydrogens (tertiary/aromatic N) is 3. The predicted octanol–water partition coefficient (Wildman–Crippen LogP) is 0.192. The van der Waals surface area contributed by atoms with Crippen molar-refractivity contribution in [1.29, 1.82) is 0 Å². The molecule has 1 heterocycles. The van der Waals surface area contributed by atoms with Crippen LogP contribution in [0.25, 0.3) is 0 Å². The van der Waals surface area contributed by atoms with Crippen LogP contribution in [0.1, 0.15) is 30.8 Å². The van der Waals surface area contributed by atoms with Crippen molar-refractivity contribution in [3.63, 3.8) is 0 Å². The van der Waals surface area contributed by atoms with Gasteiger partial charge in [0.2, 0.25) is 0 Å². The number of rotatable bonds is 5. The molecule has 0 saturated heterocycles. The van der Waals surface area contributed by atoms with Crippen LogP contribution in [0, 0.1) is 0 Å². The molecular weight excluding hydrogens is 196 g/mol. The van der Waals surface area contributed by atoms with E-state index in [-0.39, 0.29) is 11.8 Å². The van der Waals surface area contributed by atoms with Crippen LogP contribution >= 0.6 is 0 Å². The quantitative estimate of drug-likeness (QED) is 0.704. The fraction of sp³-hybridized carbons (Fsp3) is 0.667. The number of hydrogen-bond acceptors (Lipinski definition) is 5. The predicted molar refractivity (Wildman–Crippen MR) is 54.2 cm³/mol. The molecular formula is C9H16N4O2. The van der Waals surface area contributed by atoms with Crippen molar-refractivity contribution in [3.8, 4) is 0 Å². The first-order chi connectivity index (χ1) is 7.17. The van der Waals surface area contributed by atoms with Crippen molar-refractivity contribution < 1.29 is 9.53 Å². The van der Waals surface area contributed by atoms with Crippen molar-refractivity contribution in [1.82, 2.24) is 15.0 Å². The van der Waals surface area contributed by atoms with E-state index in [1.54, 1.807) is 0 Å². The molecule has 0 aliphatic rings. The van der Waals surface area contributed by atoms with Crippen LogP contribution < -0.4 is 5.73 Å². The third kappa shape index (κ3) is 3.32. The zero-order chi connectivity index (χ0) is 11.3. The van der Waals surface area contributed by atoms with Crippen LogP contribution in [-0.4, -0.2) is 33.6 Å². The second-order valence-corrected chi connectivity index (χ2v) is 3.28. The minimum Gasteiger partial charge on any atom is -0.458 e. The molecule has 0 bridgehead atoms. The first kappa shape index (κ1) is 11.6. The van der Waals surface area contributed by atoms with Gasteiger partial charge < -0.3 is 10.5 Å². The maximum Gasteiger partial charge on any atom is 0.360 e. The van der Waals surface area contributed by atoms with Crippen LogP contribution in [0.2, 0.25) is 0 Å². The van der Waals surface area contributed by atoms with E-state index in [9.17, 15) is 4.79 Å². The highest BCUT2D eigenvalue weighted by molar-refractivity contribution is 5.86. The lowest BCUT2D eigenvalue weighted by Gasteiger charge is -2.08. The number of esters is 1. The standard InChI is InChI=1S/C9H16N4O2/c1-3-7(2)15-9(14)8-6-13(5-4-10)12-11-8/h6-7H,3-5,10H2,1-2H3. The minimum absolute atomic E-state index is 0.0999. The Morgan fingerprint density at radius 2 is 2.47 bits per heavy atom. The molecule has 1 unspecified atom stereocenters. The molecule has 0 fully saturated rings. The van der Waals surface area contributed by atoms with E-state index >= 15 is 0 Å². The Labute approximate surface area is 88.4 Å². The van der Waals surface area contributed by atoms with Gasteiger partial charge in [-0.1, -0.05) is 12.1 Å². The van der Waals surface area contributed by atoms with Crippen LogP contribution in [0.4, 0.5) is 0 Å². The fourth-order valence-electron chi connectivity index (χ4n) is 0.960. The summed E-state index contributed by atoms with van der Waals surface area (Å²) in [5.41, 5.74) is 5.57. The lowest BCUT2D eigenvalue weighted by atomic mass is 10.3. The molecule has 6 nitrogen and oxygen atoms in total. The van der Waals surface area contributed by atoms with E-state index in [0.29, 0.717) is 13.1 Å². The van der Waals surface area contributed by atoms with Crippen LogP contribution in [0.3, 0.4) is 0 Å². The van der Waals surface area contributed by atoms with E-state index in [1.165, 1.54) is 10.9 Å². The number of ether oxygens (including phenoxy) is 1. The summed E-state index contributed by atoms with van der Waals surface area (Å²) in [7, 11) is 0. The van der Waals surface area contributed by atoms with Crippen LogP contribution in [0.15, 0.2) is 6.20 Å². The Morgan fingerprint density at radius 3 is 3.07 bits per heavy atom. The summed E-state index contributed by atoms with van der Waals surface area (Å²) in [6, 6.07) is 0. The molecule has 2 N–H and O–H groups in total. The number of carbonyl (C=O) groups is 1. The van der Waals surface area contributed by atoms with Crippen molar-refractivity contribution in [3.05, 3.63) is 11.9 Å². The number of hydrogen-bond donors (Lipinski definition) is 1. The molecule has 1 atom stereocenters. The monoisotopic (exact) mass is 212 g/mol. The first-order valence-corrected chi connectivity index (χ1v) is 4.98. The molecule has 1 aromatic heterocycles. The molecule has 15 heavy (non-hydrogen) atoms. The van der Waals surface area contributed by atoms with Gasteiger partial charge in [0.25, 0.3) is 0 Å². The van der Waals surface area contributed by atoms with Gasteiger partial charge >= 0.3 is 5.97 Å². The Morgan fingerprint density at radius 1 is 1.73 bits per heavy atom. The Balaban J connectivity index is 2.58. The van der Waals surface area contributed by atoms with Gasteiger partial charge in [-0.15, -0.1) is 5.10 Å². The SMILES string of the molecule is CCC(C)OC(=O)c1cn(CCN)nn1. The number of aromatic nitrogens is 3. The van der Waals surface area contributed by atoms with Crippen molar-refractivity contribution in [2.45, 2.75) is 32.9 Å². The van der Waals surface area contributed by atoms with Crippen molar-refractivity contribution in [2.24, 2.45) is 5.73 Å². The molecule has 0 aliphatic carbocycles. The van der Waals surface area contributed by atoms with Gasteiger partial charge in [0.1, 0.15) is 0 Å². The summed E-state index contributed by atoms with van der Waals surface area (Å²) < 4.78 is 6.61. The number of carbonyl (C=O) groups excluding carboxylic acids is 1. The first-order valence-electron chi connectivity index (χ1n) is 4.98. The van der Waals surface area contributed by atoms with E-state index < -0.39 is 5.97 Å². The summed E-state index contributed by atoms with van der Waals surface area (Å²) in [4.78, 5) is 11.5. The molecule has 1 aromatic rings. The molecule has 0 aromatic carbocycles. The molecule has 0 amide bonds. The normalized spacial score (nSPS) is 12.5. The smallest absolute Gasteiger partial charge is 0.360 e. The molecule has 0 spiro atoms. The molecule has 0 saturated carbocycles. The molecule has 6 heteroatoms. The van der Waals surface area contributed by atoms with E-state index in [4.69, 9.17) is 10.5 Å². The zero-order valence-corrected chi connectivity index (χ0v) is 9.01. The average molecular weight is 212 g/mol. The average Bonchev–Trinajstić information content (AvgIpc) is 2.67. The Hall–Kier alpha value is -1.43. The molecule has 1 rings (SSSR count). The summed E-state index contributed by atoms with van der Waals surface area (Å²) in [5.74, 6) is -0.437.